The molecule has 0 atom stereocenters. The summed E-state index contributed by atoms with van der Waals surface area (Å²) in [6, 6.07) is 1.53. The van der Waals surface area contributed by atoms with Crippen molar-refractivity contribution in [2.75, 3.05) is 20.1 Å². The van der Waals surface area contributed by atoms with Crippen LogP contribution in [0.3, 0.4) is 0 Å². The topological polar surface area (TPSA) is 58.4 Å². The minimum atomic E-state index is -1.01. The van der Waals surface area contributed by atoms with Gasteiger partial charge in [-0.25, -0.2) is 4.79 Å². The Hall–Kier alpha value is -1.80. The Morgan fingerprint density at radius 1 is 1.47 bits per heavy atom. The standard InChI is InChI=1S/C14H17N3O2/c1-16-8-14(9-16)6-10(7-14)3-4-11-5-12(13(18)19)15-17(11)2/h5,10H,6-9H2,1-2H3,(H,18,19). The van der Waals surface area contributed by atoms with Crippen LogP contribution in [0.15, 0.2) is 6.07 Å². The van der Waals surface area contributed by atoms with E-state index in [2.05, 4.69) is 28.9 Å². The number of carbonyl (C=O) groups is 1. The lowest BCUT2D eigenvalue weighted by Gasteiger charge is -2.57. The lowest BCUT2D eigenvalue weighted by Crippen LogP contribution is -2.60. The molecule has 1 aromatic heterocycles. The molecular weight excluding hydrogens is 242 g/mol. The highest BCUT2D eigenvalue weighted by atomic mass is 16.4. The van der Waals surface area contributed by atoms with Crippen molar-refractivity contribution in [3.63, 3.8) is 0 Å². The van der Waals surface area contributed by atoms with E-state index in [-0.39, 0.29) is 5.69 Å². The zero-order chi connectivity index (χ0) is 13.6. The molecule has 3 rings (SSSR count). The summed E-state index contributed by atoms with van der Waals surface area (Å²) < 4.78 is 1.53. The van der Waals surface area contributed by atoms with E-state index < -0.39 is 5.97 Å². The Labute approximate surface area is 112 Å². The molecule has 1 aliphatic heterocycles. The first-order chi connectivity index (χ1) is 8.97. The molecule has 0 amide bonds. The van der Waals surface area contributed by atoms with Gasteiger partial charge in [0.05, 0.1) is 0 Å². The molecule has 5 nitrogen and oxygen atoms in total. The van der Waals surface area contributed by atoms with Crippen LogP contribution in [-0.2, 0) is 7.05 Å². The number of hydrogen-bond acceptors (Lipinski definition) is 3. The van der Waals surface area contributed by atoms with E-state index in [4.69, 9.17) is 5.11 Å². The molecule has 0 aromatic carbocycles. The van der Waals surface area contributed by atoms with Crippen molar-refractivity contribution in [3.8, 4) is 11.8 Å². The SMILES string of the molecule is CN1CC2(CC(C#Cc3cc(C(=O)O)nn3C)C2)C1. The number of aromatic carboxylic acids is 1. The summed E-state index contributed by atoms with van der Waals surface area (Å²) in [6.45, 7) is 2.39. The largest absolute Gasteiger partial charge is 0.476 e. The number of aryl methyl sites for hydroxylation is 1. The van der Waals surface area contributed by atoms with Crippen LogP contribution in [0.5, 0.6) is 0 Å². The lowest BCUT2D eigenvalue weighted by atomic mass is 9.58. The fourth-order valence-corrected chi connectivity index (χ4v) is 3.31. The average molecular weight is 259 g/mol. The van der Waals surface area contributed by atoms with E-state index >= 15 is 0 Å². The summed E-state index contributed by atoms with van der Waals surface area (Å²) in [4.78, 5) is 13.1. The maximum atomic E-state index is 10.8. The van der Waals surface area contributed by atoms with Crippen LogP contribution >= 0.6 is 0 Å². The molecule has 2 heterocycles. The van der Waals surface area contributed by atoms with Crippen LogP contribution < -0.4 is 0 Å². The number of nitrogens with zero attached hydrogens (tertiary/aromatic N) is 3. The van der Waals surface area contributed by atoms with Crippen molar-refractivity contribution >= 4 is 5.97 Å². The molecule has 5 heteroatoms. The molecule has 0 bridgehead atoms. The number of carboxylic acid groups (broad SMARTS) is 1. The van der Waals surface area contributed by atoms with Crippen molar-refractivity contribution in [1.29, 1.82) is 0 Å². The van der Waals surface area contributed by atoms with Gasteiger partial charge in [-0.05, 0) is 31.2 Å². The molecule has 1 saturated carbocycles. The van der Waals surface area contributed by atoms with E-state index in [9.17, 15) is 4.79 Å². The van der Waals surface area contributed by atoms with Gasteiger partial charge >= 0.3 is 5.97 Å². The molecule has 100 valence electrons. The average Bonchev–Trinajstić information content (AvgIpc) is 2.62. The Bertz CT molecular complexity index is 580. The van der Waals surface area contributed by atoms with Crippen LogP contribution in [0.2, 0.25) is 0 Å². The summed E-state index contributed by atoms with van der Waals surface area (Å²) in [5.41, 5.74) is 1.26. The zero-order valence-electron chi connectivity index (χ0n) is 11.2. The molecule has 1 N–H and O–H groups in total. The number of hydrogen-bond donors (Lipinski definition) is 1. The second-order valence-corrected chi connectivity index (χ2v) is 5.89. The van der Waals surface area contributed by atoms with E-state index in [1.807, 2.05) is 0 Å². The minimum Gasteiger partial charge on any atom is -0.476 e. The number of aromatic nitrogens is 2. The molecular formula is C14H17N3O2. The van der Waals surface area contributed by atoms with Gasteiger partial charge in [-0.3, -0.25) is 4.68 Å². The number of carboxylic acids is 1. The molecule has 0 radical (unpaired) electrons. The second-order valence-electron chi connectivity index (χ2n) is 5.89. The Morgan fingerprint density at radius 2 is 2.16 bits per heavy atom. The monoisotopic (exact) mass is 259 g/mol. The van der Waals surface area contributed by atoms with Gasteiger partial charge in [0.15, 0.2) is 5.69 Å². The normalized spacial score (nSPS) is 21.4. The van der Waals surface area contributed by atoms with Gasteiger partial charge in [0, 0.05) is 32.1 Å². The summed E-state index contributed by atoms with van der Waals surface area (Å²) in [5.74, 6) is 5.75. The first-order valence-electron chi connectivity index (χ1n) is 6.45. The zero-order valence-corrected chi connectivity index (χ0v) is 11.2. The number of rotatable bonds is 1. The van der Waals surface area contributed by atoms with Crippen molar-refractivity contribution in [2.45, 2.75) is 12.8 Å². The summed E-state index contributed by atoms with van der Waals surface area (Å²) in [5, 5.41) is 12.8. The van der Waals surface area contributed by atoms with Gasteiger partial charge in [0.1, 0.15) is 5.69 Å². The van der Waals surface area contributed by atoms with Gasteiger partial charge in [0.25, 0.3) is 0 Å². The predicted octanol–water partition coefficient (Wildman–Crippen LogP) is 0.812. The van der Waals surface area contributed by atoms with Crippen LogP contribution in [0, 0.1) is 23.2 Å². The summed E-state index contributed by atoms with van der Waals surface area (Å²) >= 11 is 0. The predicted molar refractivity (Wildman–Crippen MR) is 69.7 cm³/mol. The molecule has 1 saturated heterocycles. The number of likely N-dealkylation sites (tertiary alicyclic amines) is 1. The van der Waals surface area contributed by atoms with Gasteiger partial charge in [0.2, 0.25) is 0 Å². The Balaban J connectivity index is 1.64. The van der Waals surface area contributed by atoms with E-state index in [1.165, 1.54) is 36.7 Å². The molecule has 2 aliphatic rings. The van der Waals surface area contributed by atoms with Crippen LogP contribution in [0.4, 0.5) is 0 Å². The third kappa shape index (κ3) is 2.13. The smallest absolute Gasteiger partial charge is 0.356 e. The lowest BCUT2D eigenvalue weighted by molar-refractivity contribution is -0.0651. The van der Waals surface area contributed by atoms with E-state index in [1.54, 1.807) is 7.05 Å². The van der Waals surface area contributed by atoms with Gasteiger partial charge < -0.3 is 10.0 Å². The second kappa shape index (κ2) is 4.10. The Morgan fingerprint density at radius 3 is 2.68 bits per heavy atom. The maximum Gasteiger partial charge on any atom is 0.356 e. The quantitative estimate of drug-likeness (QED) is 0.758. The van der Waals surface area contributed by atoms with Gasteiger partial charge in [-0.2, -0.15) is 5.10 Å². The minimum absolute atomic E-state index is 0.0532. The van der Waals surface area contributed by atoms with Crippen LogP contribution in [0.1, 0.15) is 29.0 Å². The maximum absolute atomic E-state index is 10.8. The van der Waals surface area contributed by atoms with Crippen molar-refractivity contribution in [3.05, 3.63) is 17.5 Å². The van der Waals surface area contributed by atoms with Gasteiger partial charge in [-0.15, -0.1) is 0 Å². The fourth-order valence-electron chi connectivity index (χ4n) is 3.31. The molecule has 0 unspecified atom stereocenters. The van der Waals surface area contributed by atoms with Gasteiger partial charge in [-0.1, -0.05) is 5.92 Å². The molecule has 1 aliphatic carbocycles. The highest BCUT2D eigenvalue weighted by Gasteiger charge is 2.50. The first-order valence-corrected chi connectivity index (χ1v) is 6.45. The third-order valence-electron chi connectivity index (χ3n) is 4.07. The molecule has 1 spiro atoms. The van der Waals surface area contributed by atoms with E-state index in [0.29, 0.717) is 17.0 Å². The molecule has 19 heavy (non-hydrogen) atoms. The van der Waals surface area contributed by atoms with Crippen molar-refractivity contribution < 1.29 is 9.90 Å². The molecule has 2 fully saturated rings. The Kier molecular flexibility index (Phi) is 2.64. The van der Waals surface area contributed by atoms with Crippen LogP contribution in [0.25, 0.3) is 0 Å². The summed E-state index contributed by atoms with van der Waals surface area (Å²) in [6.07, 6.45) is 2.35. The highest BCUT2D eigenvalue weighted by molar-refractivity contribution is 5.85. The molecule has 1 aromatic rings. The van der Waals surface area contributed by atoms with Crippen molar-refractivity contribution in [1.82, 2.24) is 14.7 Å². The highest BCUT2D eigenvalue weighted by Crippen LogP contribution is 2.50. The van der Waals surface area contributed by atoms with Crippen molar-refractivity contribution in [2.24, 2.45) is 18.4 Å². The third-order valence-corrected chi connectivity index (χ3v) is 4.07. The fraction of sp³-hybridized carbons (Fsp3) is 0.571. The first kappa shape index (κ1) is 12.2. The summed E-state index contributed by atoms with van der Waals surface area (Å²) in [7, 11) is 3.87. The van der Waals surface area contributed by atoms with E-state index in [0.717, 1.165) is 0 Å². The van der Waals surface area contributed by atoms with Crippen LogP contribution in [-0.4, -0.2) is 45.9 Å².